The molecular formula is C11H15N3O2S. The number of hydrogen-bond donors (Lipinski definition) is 2. The average Bonchev–Trinajstić information content (AvgIpc) is 2.87. The number of sulfonamides is 1. The summed E-state index contributed by atoms with van der Waals surface area (Å²) in [5.41, 5.74) is 0.527. The van der Waals surface area contributed by atoms with E-state index in [0.29, 0.717) is 5.69 Å². The van der Waals surface area contributed by atoms with Crippen LogP contribution in [0.25, 0.3) is 0 Å². The number of nitrogens with zero attached hydrogens (tertiary/aromatic N) is 1. The van der Waals surface area contributed by atoms with Gasteiger partial charge >= 0.3 is 0 Å². The van der Waals surface area contributed by atoms with Gasteiger partial charge in [0, 0.05) is 11.9 Å². The van der Waals surface area contributed by atoms with E-state index in [1.165, 1.54) is 12.4 Å². The summed E-state index contributed by atoms with van der Waals surface area (Å²) in [6.45, 7) is 4.00. The van der Waals surface area contributed by atoms with E-state index in [-0.39, 0.29) is 4.90 Å². The van der Waals surface area contributed by atoms with E-state index in [2.05, 4.69) is 14.9 Å². The summed E-state index contributed by atoms with van der Waals surface area (Å²) in [7, 11) is -3.51. The first-order valence-electron chi connectivity index (χ1n) is 5.25. The van der Waals surface area contributed by atoms with E-state index in [9.17, 15) is 8.42 Å². The van der Waals surface area contributed by atoms with E-state index < -0.39 is 10.0 Å². The van der Waals surface area contributed by atoms with Gasteiger partial charge in [0.25, 0.3) is 10.0 Å². The van der Waals surface area contributed by atoms with Crippen molar-refractivity contribution in [3.63, 3.8) is 0 Å². The quantitative estimate of drug-likeness (QED) is 0.880. The summed E-state index contributed by atoms with van der Waals surface area (Å²) in [4.78, 5) is 0.117. The van der Waals surface area contributed by atoms with E-state index in [1.54, 1.807) is 24.3 Å². The van der Waals surface area contributed by atoms with Crippen LogP contribution in [-0.2, 0) is 10.0 Å². The van der Waals surface area contributed by atoms with Crippen LogP contribution in [0.1, 0.15) is 13.8 Å². The lowest BCUT2D eigenvalue weighted by Crippen LogP contribution is -2.11. The van der Waals surface area contributed by atoms with Crippen LogP contribution in [0.2, 0.25) is 0 Å². The molecule has 0 fully saturated rings. The first-order valence-corrected chi connectivity index (χ1v) is 6.73. The maximum absolute atomic E-state index is 11.7. The molecule has 0 aliphatic carbocycles. The highest BCUT2D eigenvalue weighted by atomic mass is 32.2. The summed E-state index contributed by atoms with van der Waals surface area (Å²) < 4.78 is 25.8. The number of anilines is 1. The lowest BCUT2D eigenvalue weighted by atomic mass is 10.3. The lowest BCUT2D eigenvalue weighted by molar-refractivity contribution is 0.601. The molecule has 1 aromatic heterocycles. The van der Waals surface area contributed by atoms with Crippen LogP contribution in [0.3, 0.4) is 0 Å². The Morgan fingerprint density at radius 1 is 1.18 bits per heavy atom. The van der Waals surface area contributed by atoms with Crippen molar-refractivity contribution in [1.82, 2.24) is 10.2 Å². The van der Waals surface area contributed by atoms with E-state index in [0.717, 1.165) is 0 Å². The van der Waals surface area contributed by atoms with Crippen LogP contribution in [0.15, 0.2) is 47.6 Å². The van der Waals surface area contributed by atoms with Gasteiger partial charge in [-0.1, -0.05) is 32.0 Å². The van der Waals surface area contributed by atoms with Crippen LogP contribution < -0.4 is 4.72 Å². The van der Waals surface area contributed by atoms with Crippen LogP contribution in [-0.4, -0.2) is 18.6 Å². The summed E-state index contributed by atoms with van der Waals surface area (Å²) in [6, 6.07) is 8.69. The molecule has 2 rings (SSSR count). The summed E-state index contributed by atoms with van der Waals surface area (Å²) in [5, 5.41) is 6.04. The van der Waals surface area contributed by atoms with Gasteiger partial charge in [-0.25, -0.2) is 8.42 Å². The highest BCUT2D eigenvalue weighted by molar-refractivity contribution is 7.92. The maximum Gasteiger partial charge on any atom is 0.265 e. The normalized spacial score (nSPS) is 10.2. The van der Waals surface area contributed by atoms with Gasteiger partial charge in [0.1, 0.15) is 4.90 Å². The molecule has 0 spiro atoms. The predicted molar refractivity (Wildman–Crippen MR) is 67.2 cm³/mol. The number of nitrogens with one attached hydrogen (secondary N) is 2. The monoisotopic (exact) mass is 253 g/mol. The topological polar surface area (TPSA) is 74.8 Å². The zero-order chi connectivity index (χ0) is 12.7. The Hall–Kier alpha value is -1.82. The van der Waals surface area contributed by atoms with Crippen LogP contribution in [0.5, 0.6) is 0 Å². The van der Waals surface area contributed by atoms with E-state index >= 15 is 0 Å². The van der Waals surface area contributed by atoms with Crippen molar-refractivity contribution in [3.05, 3.63) is 42.7 Å². The summed E-state index contributed by atoms with van der Waals surface area (Å²) in [5.74, 6) is 0. The van der Waals surface area contributed by atoms with Gasteiger partial charge < -0.3 is 0 Å². The molecule has 1 aromatic carbocycles. The molecule has 17 heavy (non-hydrogen) atoms. The van der Waals surface area contributed by atoms with Crippen molar-refractivity contribution in [2.75, 3.05) is 4.72 Å². The molecule has 0 aliphatic rings. The number of aromatic amines is 1. The van der Waals surface area contributed by atoms with Gasteiger partial charge in [0.15, 0.2) is 0 Å². The minimum Gasteiger partial charge on any atom is -0.284 e. The fourth-order valence-electron chi connectivity index (χ4n) is 1.11. The third-order valence-corrected chi connectivity index (χ3v) is 3.16. The second-order valence-corrected chi connectivity index (χ2v) is 4.59. The fraction of sp³-hybridized carbons (Fsp3) is 0.182. The third-order valence-electron chi connectivity index (χ3n) is 1.81. The first kappa shape index (κ1) is 13.2. The van der Waals surface area contributed by atoms with Gasteiger partial charge in [-0.3, -0.25) is 9.82 Å². The average molecular weight is 253 g/mol. The smallest absolute Gasteiger partial charge is 0.265 e. The zero-order valence-corrected chi connectivity index (χ0v) is 10.5. The van der Waals surface area contributed by atoms with Gasteiger partial charge in [-0.15, -0.1) is 0 Å². The maximum atomic E-state index is 11.7. The van der Waals surface area contributed by atoms with Gasteiger partial charge in [-0.2, -0.15) is 5.10 Å². The first-order chi connectivity index (χ1) is 8.18. The standard InChI is InChI=1S/C9H9N3O2S.C2H6/c13-15(14,9-6-10-11-7-9)12-8-4-2-1-3-5-8;1-2/h1-7,12H,(H,10,11);1-2H3. The molecular weight excluding hydrogens is 238 g/mol. The van der Waals surface area contributed by atoms with Crippen LogP contribution in [0.4, 0.5) is 5.69 Å². The molecule has 0 saturated carbocycles. The highest BCUT2D eigenvalue weighted by Gasteiger charge is 2.14. The summed E-state index contributed by atoms with van der Waals surface area (Å²) in [6.07, 6.45) is 2.58. The van der Waals surface area contributed by atoms with E-state index in [1.807, 2.05) is 19.9 Å². The van der Waals surface area contributed by atoms with Crippen molar-refractivity contribution < 1.29 is 8.42 Å². The molecule has 2 N–H and O–H groups in total. The molecule has 5 nitrogen and oxygen atoms in total. The molecule has 0 unspecified atom stereocenters. The number of para-hydroxylation sites is 1. The Morgan fingerprint density at radius 2 is 1.82 bits per heavy atom. The molecule has 0 bridgehead atoms. The molecule has 0 saturated heterocycles. The largest absolute Gasteiger partial charge is 0.284 e. The Kier molecular flexibility index (Phi) is 4.71. The third kappa shape index (κ3) is 3.60. The second-order valence-electron chi connectivity index (χ2n) is 2.91. The van der Waals surface area contributed by atoms with Crippen molar-refractivity contribution in [3.8, 4) is 0 Å². The minimum atomic E-state index is -3.51. The Balaban J connectivity index is 0.000000686. The molecule has 0 amide bonds. The predicted octanol–water partition coefficient (Wildman–Crippen LogP) is 2.24. The molecule has 92 valence electrons. The van der Waals surface area contributed by atoms with Crippen molar-refractivity contribution in [2.45, 2.75) is 18.7 Å². The SMILES string of the molecule is CC.O=S(=O)(Nc1ccccc1)c1cn[nH]c1. The van der Waals surface area contributed by atoms with Gasteiger partial charge in [-0.05, 0) is 12.1 Å². The fourth-order valence-corrected chi connectivity index (χ4v) is 2.07. The molecule has 0 radical (unpaired) electrons. The van der Waals surface area contributed by atoms with Crippen molar-refractivity contribution in [1.29, 1.82) is 0 Å². The number of benzene rings is 1. The van der Waals surface area contributed by atoms with Crippen molar-refractivity contribution >= 4 is 15.7 Å². The number of hydrogen-bond acceptors (Lipinski definition) is 3. The molecule has 0 atom stereocenters. The lowest BCUT2D eigenvalue weighted by Gasteiger charge is -2.04. The molecule has 1 heterocycles. The Bertz CT molecular complexity index is 521. The molecule has 2 aromatic rings. The molecule has 0 aliphatic heterocycles. The van der Waals surface area contributed by atoms with Crippen LogP contribution >= 0.6 is 0 Å². The Morgan fingerprint density at radius 3 is 2.35 bits per heavy atom. The number of H-pyrrole nitrogens is 1. The van der Waals surface area contributed by atoms with Gasteiger partial charge in [0.05, 0.1) is 6.20 Å². The second kappa shape index (κ2) is 6.05. The number of rotatable bonds is 3. The number of aromatic nitrogens is 2. The van der Waals surface area contributed by atoms with Gasteiger partial charge in [0.2, 0.25) is 0 Å². The zero-order valence-electron chi connectivity index (χ0n) is 9.71. The summed E-state index contributed by atoms with van der Waals surface area (Å²) >= 11 is 0. The minimum absolute atomic E-state index is 0.117. The Labute approximate surface area is 101 Å². The molecule has 6 heteroatoms. The van der Waals surface area contributed by atoms with E-state index in [4.69, 9.17) is 0 Å². The highest BCUT2D eigenvalue weighted by Crippen LogP contribution is 2.13. The van der Waals surface area contributed by atoms with Crippen molar-refractivity contribution in [2.24, 2.45) is 0 Å². The van der Waals surface area contributed by atoms with Crippen LogP contribution in [0, 0.1) is 0 Å².